The number of rotatable bonds is 4. The standard InChI is InChI=1S/C14H19N3O2/c18-12-16-8-10-17(11-9-16)14(19)15-7-6-13-4-2-1-3-5-13/h1-5,12H,6-11H2,(H,15,19). The fourth-order valence-corrected chi connectivity index (χ4v) is 2.10. The van der Waals surface area contributed by atoms with Gasteiger partial charge in [0.2, 0.25) is 6.41 Å². The second-order valence-electron chi connectivity index (χ2n) is 4.60. The number of hydrogen-bond acceptors (Lipinski definition) is 2. The van der Waals surface area contributed by atoms with Gasteiger partial charge in [0.05, 0.1) is 0 Å². The molecule has 0 atom stereocenters. The summed E-state index contributed by atoms with van der Waals surface area (Å²) < 4.78 is 0. The molecule has 0 radical (unpaired) electrons. The maximum absolute atomic E-state index is 11.9. The van der Waals surface area contributed by atoms with E-state index in [-0.39, 0.29) is 6.03 Å². The smallest absolute Gasteiger partial charge is 0.317 e. The number of nitrogens with one attached hydrogen (secondary N) is 1. The van der Waals surface area contributed by atoms with Gasteiger partial charge in [0.15, 0.2) is 0 Å². The quantitative estimate of drug-likeness (QED) is 0.812. The minimum Gasteiger partial charge on any atom is -0.342 e. The zero-order valence-electron chi connectivity index (χ0n) is 10.9. The van der Waals surface area contributed by atoms with Gasteiger partial charge in [-0.2, -0.15) is 0 Å². The van der Waals surface area contributed by atoms with Gasteiger partial charge in [0.25, 0.3) is 0 Å². The van der Waals surface area contributed by atoms with Crippen molar-refractivity contribution in [2.45, 2.75) is 6.42 Å². The Bertz CT molecular complexity index is 414. The van der Waals surface area contributed by atoms with Gasteiger partial charge in [0, 0.05) is 32.7 Å². The van der Waals surface area contributed by atoms with Gasteiger partial charge >= 0.3 is 6.03 Å². The Morgan fingerprint density at radius 2 is 1.84 bits per heavy atom. The molecule has 5 nitrogen and oxygen atoms in total. The van der Waals surface area contributed by atoms with E-state index in [1.165, 1.54) is 5.56 Å². The Morgan fingerprint density at radius 3 is 2.47 bits per heavy atom. The molecule has 0 aliphatic carbocycles. The summed E-state index contributed by atoms with van der Waals surface area (Å²) in [5.41, 5.74) is 1.22. The molecule has 0 aromatic heterocycles. The van der Waals surface area contributed by atoms with Crippen molar-refractivity contribution in [1.29, 1.82) is 0 Å². The van der Waals surface area contributed by atoms with Crippen LogP contribution in [0.2, 0.25) is 0 Å². The first-order chi connectivity index (χ1) is 9.29. The van der Waals surface area contributed by atoms with Crippen molar-refractivity contribution in [3.05, 3.63) is 35.9 Å². The zero-order chi connectivity index (χ0) is 13.5. The molecule has 5 heteroatoms. The van der Waals surface area contributed by atoms with Crippen molar-refractivity contribution in [2.75, 3.05) is 32.7 Å². The topological polar surface area (TPSA) is 52.7 Å². The normalized spacial score (nSPS) is 15.2. The Kier molecular flexibility index (Phi) is 4.78. The lowest BCUT2D eigenvalue weighted by atomic mass is 10.1. The van der Waals surface area contributed by atoms with Crippen LogP contribution in [0.5, 0.6) is 0 Å². The fraction of sp³-hybridized carbons (Fsp3) is 0.429. The van der Waals surface area contributed by atoms with E-state index in [0.29, 0.717) is 32.7 Å². The Hall–Kier alpha value is -2.04. The number of carbonyl (C=O) groups is 2. The molecule has 0 unspecified atom stereocenters. The molecule has 1 fully saturated rings. The van der Waals surface area contributed by atoms with Crippen LogP contribution in [0, 0.1) is 0 Å². The monoisotopic (exact) mass is 261 g/mol. The van der Waals surface area contributed by atoms with Crippen molar-refractivity contribution in [3.8, 4) is 0 Å². The number of benzene rings is 1. The average molecular weight is 261 g/mol. The van der Waals surface area contributed by atoms with Gasteiger partial charge in [-0.1, -0.05) is 30.3 Å². The lowest BCUT2D eigenvalue weighted by Crippen LogP contribution is -2.51. The second kappa shape index (κ2) is 6.78. The van der Waals surface area contributed by atoms with Crippen molar-refractivity contribution in [3.63, 3.8) is 0 Å². The molecule has 0 bridgehead atoms. The molecule has 1 aliphatic rings. The summed E-state index contributed by atoms with van der Waals surface area (Å²) in [6.45, 7) is 3.09. The van der Waals surface area contributed by atoms with Crippen LogP contribution in [-0.4, -0.2) is 55.0 Å². The van der Waals surface area contributed by atoms with Crippen molar-refractivity contribution >= 4 is 12.4 Å². The molecule has 102 valence electrons. The van der Waals surface area contributed by atoms with Crippen LogP contribution in [0.25, 0.3) is 0 Å². The van der Waals surface area contributed by atoms with Gasteiger partial charge in [-0.05, 0) is 12.0 Å². The van der Waals surface area contributed by atoms with E-state index < -0.39 is 0 Å². The van der Waals surface area contributed by atoms with E-state index >= 15 is 0 Å². The van der Waals surface area contributed by atoms with Gasteiger partial charge in [0.1, 0.15) is 0 Å². The maximum Gasteiger partial charge on any atom is 0.317 e. The highest BCUT2D eigenvalue weighted by Gasteiger charge is 2.19. The number of hydrogen-bond donors (Lipinski definition) is 1. The van der Waals surface area contributed by atoms with E-state index in [4.69, 9.17) is 0 Å². The molecule has 19 heavy (non-hydrogen) atoms. The minimum atomic E-state index is -0.0403. The predicted molar refractivity (Wildman–Crippen MR) is 72.8 cm³/mol. The highest BCUT2D eigenvalue weighted by Crippen LogP contribution is 2.01. The average Bonchev–Trinajstić information content (AvgIpc) is 2.48. The lowest BCUT2D eigenvalue weighted by Gasteiger charge is -2.32. The summed E-state index contributed by atoms with van der Waals surface area (Å²) in [5.74, 6) is 0. The summed E-state index contributed by atoms with van der Waals surface area (Å²) >= 11 is 0. The van der Waals surface area contributed by atoms with E-state index in [0.717, 1.165) is 12.8 Å². The van der Waals surface area contributed by atoms with Gasteiger partial charge in [-0.15, -0.1) is 0 Å². The molecule has 1 aliphatic heterocycles. The molecular weight excluding hydrogens is 242 g/mol. The lowest BCUT2D eigenvalue weighted by molar-refractivity contribution is -0.119. The predicted octanol–water partition coefficient (Wildman–Crippen LogP) is 0.713. The van der Waals surface area contributed by atoms with Gasteiger partial charge < -0.3 is 15.1 Å². The second-order valence-corrected chi connectivity index (χ2v) is 4.60. The van der Waals surface area contributed by atoms with Crippen molar-refractivity contribution in [1.82, 2.24) is 15.1 Å². The summed E-state index contributed by atoms with van der Waals surface area (Å²) in [4.78, 5) is 25.9. The number of piperazine rings is 1. The highest BCUT2D eigenvalue weighted by atomic mass is 16.2. The van der Waals surface area contributed by atoms with E-state index in [1.807, 2.05) is 18.2 Å². The first-order valence-electron chi connectivity index (χ1n) is 6.55. The number of amides is 3. The molecule has 1 saturated heterocycles. The summed E-state index contributed by atoms with van der Waals surface area (Å²) in [5, 5.41) is 2.91. The minimum absolute atomic E-state index is 0.0403. The molecule has 1 aromatic rings. The van der Waals surface area contributed by atoms with E-state index in [9.17, 15) is 9.59 Å². The van der Waals surface area contributed by atoms with Crippen LogP contribution < -0.4 is 5.32 Å². The van der Waals surface area contributed by atoms with Crippen LogP contribution in [0.1, 0.15) is 5.56 Å². The van der Waals surface area contributed by atoms with E-state index in [1.54, 1.807) is 9.80 Å². The molecule has 2 rings (SSSR count). The van der Waals surface area contributed by atoms with Gasteiger partial charge in [-0.25, -0.2) is 4.79 Å². The van der Waals surface area contributed by atoms with Crippen LogP contribution in [0.15, 0.2) is 30.3 Å². The van der Waals surface area contributed by atoms with Crippen LogP contribution in [-0.2, 0) is 11.2 Å². The van der Waals surface area contributed by atoms with Crippen molar-refractivity contribution < 1.29 is 9.59 Å². The molecule has 0 spiro atoms. The fourth-order valence-electron chi connectivity index (χ4n) is 2.10. The summed E-state index contributed by atoms with van der Waals surface area (Å²) in [6, 6.07) is 10.0. The molecule has 1 aromatic carbocycles. The number of carbonyl (C=O) groups excluding carboxylic acids is 2. The van der Waals surface area contributed by atoms with Crippen LogP contribution >= 0.6 is 0 Å². The molecule has 1 heterocycles. The first-order valence-corrected chi connectivity index (χ1v) is 6.55. The molecule has 0 saturated carbocycles. The third-order valence-electron chi connectivity index (χ3n) is 3.28. The van der Waals surface area contributed by atoms with Crippen molar-refractivity contribution in [2.24, 2.45) is 0 Å². The highest BCUT2D eigenvalue weighted by molar-refractivity contribution is 5.74. The van der Waals surface area contributed by atoms with Crippen LogP contribution in [0.4, 0.5) is 4.79 Å². The SMILES string of the molecule is O=CN1CCN(C(=O)NCCc2ccccc2)CC1. The Labute approximate surface area is 113 Å². The van der Waals surface area contributed by atoms with Gasteiger partial charge in [-0.3, -0.25) is 4.79 Å². The molecule has 1 N–H and O–H groups in total. The van der Waals surface area contributed by atoms with Crippen LogP contribution in [0.3, 0.4) is 0 Å². The number of urea groups is 1. The molecule has 3 amide bonds. The Balaban J connectivity index is 1.69. The first kappa shape index (κ1) is 13.4. The summed E-state index contributed by atoms with van der Waals surface area (Å²) in [6.07, 6.45) is 1.67. The van der Waals surface area contributed by atoms with E-state index in [2.05, 4.69) is 17.4 Å². The summed E-state index contributed by atoms with van der Waals surface area (Å²) in [7, 11) is 0. The third-order valence-corrected chi connectivity index (χ3v) is 3.28. The maximum atomic E-state index is 11.9. The Morgan fingerprint density at radius 1 is 1.16 bits per heavy atom. The zero-order valence-corrected chi connectivity index (χ0v) is 10.9. The third kappa shape index (κ3) is 3.98. The molecular formula is C14H19N3O2. The number of nitrogens with zero attached hydrogens (tertiary/aromatic N) is 2. The largest absolute Gasteiger partial charge is 0.342 e.